The Balaban J connectivity index is 1.47. The molecule has 4 nitrogen and oxygen atoms in total. The van der Waals surface area contributed by atoms with E-state index in [-0.39, 0.29) is 5.41 Å². The van der Waals surface area contributed by atoms with Crippen LogP contribution in [0.15, 0.2) is 0 Å². The number of piperidine rings is 2. The molecule has 0 aromatic heterocycles. The molecule has 0 saturated carbocycles. The Morgan fingerprint density at radius 2 is 1.86 bits per heavy atom. The van der Waals surface area contributed by atoms with Crippen LogP contribution in [-0.2, 0) is 4.79 Å². The first-order chi connectivity index (χ1) is 10.2. The molecule has 0 bridgehead atoms. The molecule has 1 unspecified atom stereocenters. The summed E-state index contributed by atoms with van der Waals surface area (Å²) in [6.45, 7) is 9.89. The van der Waals surface area contributed by atoms with Gasteiger partial charge < -0.3 is 15.1 Å². The zero-order valence-corrected chi connectivity index (χ0v) is 13.6. The summed E-state index contributed by atoms with van der Waals surface area (Å²) in [5.41, 5.74) is -0.153. The Morgan fingerprint density at radius 3 is 2.48 bits per heavy atom. The van der Waals surface area contributed by atoms with Crippen molar-refractivity contribution in [3.05, 3.63) is 0 Å². The summed E-state index contributed by atoms with van der Waals surface area (Å²) in [5, 5.41) is 3.40. The Kier molecular flexibility index (Phi) is 4.85. The fourth-order valence-electron chi connectivity index (χ4n) is 4.27. The van der Waals surface area contributed by atoms with Gasteiger partial charge >= 0.3 is 0 Å². The van der Waals surface area contributed by atoms with Crippen LogP contribution in [-0.4, -0.2) is 61.5 Å². The fourth-order valence-corrected chi connectivity index (χ4v) is 4.27. The van der Waals surface area contributed by atoms with Crippen LogP contribution >= 0.6 is 0 Å². The first-order valence-electron chi connectivity index (χ1n) is 8.90. The molecule has 3 aliphatic heterocycles. The number of carbonyl (C=O) groups excluding carboxylic acids is 1. The lowest BCUT2D eigenvalue weighted by atomic mass is 9.80. The summed E-state index contributed by atoms with van der Waals surface area (Å²) in [6, 6.07) is 0. The van der Waals surface area contributed by atoms with Gasteiger partial charge in [0.2, 0.25) is 5.91 Å². The van der Waals surface area contributed by atoms with Gasteiger partial charge in [-0.2, -0.15) is 0 Å². The topological polar surface area (TPSA) is 35.6 Å². The molecule has 3 saturated heterocycles. The van der Waals surface area contributed by atoms with Crippen LogP contribution in [0.25, 0.3) is 0 Å². The van der Waals surface area contributed by atoms with Crippen LogP contribution < -0.4 is 5.32 Å². The standard InChI is InChI=1S/C17H31N3O/c1-17(7-4-8-18-14-17)16(21)20-11-5-15(6-12-20)13-19-9-2-3-10-19/h15,18H,2-14H2,1H3. The number of rotatable bonds is 3. The zero-order valence-electron chi connectivity index (χ0n) is 13.6. The molecule has 3 fully saturated rings. The van der Waals surface area contributed by atoms with Crippen molar-refractivity contribution in [2.75, 3.05) is 45.8 Å². The van der Waals surface area contributed by atoms with Crippen LogP contribution in [0.5, 0.6) is 0 Å². The molecule has 3 rings (SSSR count). The second kappa shape index (κ2) is 6.66. The van der Waals surface area contributed by atoms with Gasteiger partial charge in [-0.25, -0.2) is 0 Å². The summed E-state index contributed by atoms with van der Waals surface area (Å²) in [6.07, 6.45) is 7.34. The molecule has 120 valence electrons. The molecule has 4 heteroatoms. The highest BCUT2D eigenvalue weighted by Gasteiger charge is 2.38. The average Bonchev–Trinajstić information content (AvgIpc) is 3.01. The van der Waals surface area contributed by atoms with E-state index in [4.69, 9.17) is 0 Å². The number of carbonyl (C=O) groups is 1. The molecule has 0 aromatic carbocycles. The van der Waals surface area contributed by atoms with Gasteiger partial charge in [0.05, 0.1) is 5.41 Å². The van der Waals surface area contributed by atoms with E-state index in [1.54, 1.807) is 0 Å². The molecule has 1 amide bonds. The van der Waals surface area contributed by atoms with Crippen LogP contribution in [0.4, 0.5) is 0 Å². The Morgan fingerprint density at radius 1 is 1.14 bits per heavy atom. The number of hydrogen-bond donors (Lipinski definition) is 1. The normalized spacial score (nSPS) is 32.5. The summed E-state index contributed by atoms with van der Waals surface area (Å²) in [7, 11) is 0. The maximum absolute atomic E-state index is 12.8. The van der Waals surface area contributed by atoms with Crippen LogP contribution in [0.3, 0.4) is 0 Å². The lowest BCUT2D eigenvalue weighted by Gasteiger charge is -2.41. The minimum absolute atomic E-state index is 0.153. The van der Waals surface area contributed by atoms with Gasteiger partial charge in [0.25, 0.3) is 0 Å². The zero-order chi connectivity index (χ0) is 14.7. The van der Waals surface area contributed by atoms with Gasteiger partial charge in [0.1, 0.15) is 0 Å². The quantitative estimate of drug-likeness (QED) is 0.860. The van der Waals surface area contributed by atoms with Crippen LogP contribution in [0, 0.1) is 11.3 Å². The third kappa shape index (κ3) is 3.59. The third-order valence-corrected chi connectivity index (χ3v) is 5.73. The van der Waals surface area contributed by atoms with E-state index in [1.807, 2.05) is 0 Å². The third-order valence-electron chi connectivity index (χ3n) is 5.73. The van der Waals surface area contributed by atoms with Crippen molar-refractivity contribution in [2.45, 2.75) is 45.4 Å². The molecule has 21 heavy (non-hydrogen) atoms. The monoisotopic (exact) mass is 293 g/mol. The highest BCUT2D eigenvalue weighted by Crippen LogP contribution is 2.30. The van der Waals surface area contributed by atoms with E-state index in [0.29, 0.717) is 5.91 Å². The molecular weight excluding hydrogens is 262 g/mol. The lowest BCUT2D eigenvalue weighted by molar-refractivity contribution is -0.143. The van der Waals surface area contributed by atoms with Gasteiger partial charge in [-0.1, -0.05) is 0 Å². The Labute approximate surface area is 129 Å². The van der Waals surface area contributed by atoms with Gasteiger partial charge in [0.15, 0.2) is 0 Å². The van der Waals surface area contributed by atoms with Crippen molar-refractivity contribution in [3.8, 4) is 0 Å². The van der Waals surface area contributed by atoms with E-state index in [0.717, 1.165) is 44.9 Å². The van der Waals surface area contributed by atoms with E-state index in [2.05, 4.69) is 22.0 Å². The maximum Gasteiger partial charge on any atom is 0.229 e. The van der Waals surface area contributed by atoms with Crippen LogP contribution in [0.1, 0.15) is 45.4 Å². The largest absolute Gasteiger partial charge is 0.342 e. The Hall–Kier alpha value is -0.610. The van der Waals surface area contributed by atoms with E-state index < -0.39 is 0 Å². The highest BCUT2D eigenvalue weighted by molar-refractivity contribution is 5.82. The van der Waals surface area contributed by atoms with Crippen molar-refractivity contribution in [1.82, 2.24) is 15.1 Å². The number of likely N-dealkylation sites (tertiary alicyclic amines) is 2. The Bertz CT molecular complexity index is 351. The number of amides is 1. The van der Waals surface area contributed by atoms with Crippen molar-refractivity contribution in [2.24, 2.45) is 11.3 Å². The van der Waals surface area contributed by atoms with Gasteiger partial charge in [-0.3, -0.25) is 4.79 Å². The van der Waals surface area contributed by atoms with E-state index >= 15 is 0 Å². The molecule has 1 N–H and O–H groups in total. The fraction of sp³-hybridized carbons (Fsp3) is 0.941. The van der Waals surface area contributed by atoms with Crippen LogP contribution in [0.2, 0.25) is 0 Å². The van der Waals surface area contributed by atoms with E-state index in [9.17, 15) is 4.79 Å². The van der Waals surface area contributed by atoms with Gasteiger partial charge in [-0.05, 0) is 71.0 Å². The van der Waals surface area contributed by atoms with Crippen molar-refractivity contribution in [1.29, 1.82) is 0 Å². The molecule has 3 aliphatic rings. The second-order valence-electron chi connectivity index (χ2n) is 7.58. The number of nitrogens with zero attached hydrogens (tertiary/aromatic N) is 2. The van der Waals surface area contributed by atoms with Gasteiger partial charge in [-0.15, -0.1) is 0 Å². The predicted molar refractivity (Wildman–Crippen MR) is 85.2 cm³/mol. The number of hydrogen-bond acceptors (Lipinski definition) is 3. The summed E-state index contributed by atoms with van der Waals surface area (Å²) < 4.78 is 0. The molecule has 0 spiro atoms. The number of nitrogens with one attached hydrogen (secondary N) is 1. The molecule has 0 aliphatic carbocycles. The summed E-state index contributed by atoms with van der Waals surface area (Å²) in [4.78, 5) is 17.6. The van der Waals surface area contributed by atoms with Crippen molar-refractivity contribution < 1.29 is 4.79 Å². The molecule has 1 atom stereocenters. The maximum atomic E-state index is 12.8. The summed E-state index contributed by atoms with van der Waals surface area (Å²) in [5.74, 6) is 1.21. The first-order valence-corrected chi connectivity index (χ1v) is 8.90. The smallest absolute Gasteiger partial charge is 0.229 e. The minimum Gasteiger partial charge on any atom is -0.342 e. The minimum atomic E-state index is -0.153. The molecule has 0 aromatic rings. The van der Waals surface area contributed by atoms with Crippen molar-refractivity contribution >= 4 is 5.91 Å². The molecule has 0 radical (unpaired) electrons. The summed E-state index contributed by atoms with van der Waals surface area (Å²) >= 11 is 0. The lowest BCUT2D eigenvalue weighted by Crippen LogP contribution is -2.52. The predicted octanol–water partition coefficient (Wildman–Crippen LogP) is 1.71. The van der Waals surface area contributed by atoms with E-state index in [1.165, 1.54) is 45.3 Å². The molecular formula is C17H31N3O. The molecule has 3 heterocycles. The highest BCUT2D eigenvalue weighted by atomic mass is 16.2. The van der Waals surface area contributed by atoms with Gasteiger partial charge in [0, 0.05) is 26.2 Å². The average molecular weight is 293 g/mol. The SMILES string of the molecule is CC1(C(=O)N2CCC(CN3CCCC3)CC2)CCCNC1. The second-order valence-corrected chi connectivity index (χ2v) is 7.58. The van der Waals surface area contributed by atoms with Crippen molar-refractivity contribution in [3.63, 3.8) is 0 Å². The first kappa shape index (κ1) is 15.3.